The molecule has 21 heavy (non-hydrogen) atoms. The largest absolute Gasteiger partial charge is 0.376 e. The summed E-state index contributed by atoms with van der Waals surface area (Å²) in [5.74, 6) is 0.628. The molecule has 0 unspecified atom stereocenters. The van der Waals surface area contributed by atoms with E-state index in [2.05, 4.69) is 15.6 Å². The van der Waals surface area contributed by atoms with E-state index in [4.69, 9.17) is 4.74 Å². The number of pyridine rings is 1. The van der Waals surface area contributed by atoms with Gasteiger partial charge in [-0.1, -0.05) is 19.3 Å². The maximum Gasteiger partial charge on any atom is 0.251 e. The van der Waals surface area contributed by atoms with Gasteiger partial charge in [0.15, 0.2) is 0 Å². The van der Waals surface area contributed by atoms with E-state index in [9.17, 15) is 4.79 Å². The van der Waals surface area contributed by atoms with Gasteiger partial charge in [0.25, 0.3) is 5.91 Å². The number of aromatic nitrogens is 1. The Labute approximate surface area is 126 Å². The number of nitrogens with zero attached hydrogens (tertiary/aromatic N) is 1. The molecule has 1 aliphatic carbocycles. The molecule has 0 spiro atoms. The molecule has 0 bridgehead atoms. The zero-order chi connectivity index (χ0) is 15.1. The number of amides is 1. The average molecular weight is 291 g/mol. The van der Waals surface area contributed by atoms with Gasteiger partial charge in [0.2, 0.25) is 0 Å². The molecule has 1 saturated carbocycles. The van der Waals surface area contributed by atoms with Gasteiger partial charge in [0.1, 0.15) is 5.82 Å². The van der Waals surface area contributed by atoms with E-state index < -0.39 is 0 Å². The third-order valence-electron chi connectivity index (χ3n) is 3.77. The van der Waals surface area contributed by atoms with Crippen LogP contribution in [0.5, 0.6) is 0 Å². The Morgan fingerprint density at radius 2 is 2.10 bits per heavy atom. The first-order valence-electron chi connectivity index (χ1n) is 7.75. The molecule has 116 valence electrons. The summed E-state index contributed by atoms with van der Waals surface area (Å²) in [6.07, 6.45) is 6.55. The van der Waals surface area contributed by atoms with Crippen molar-refractivity contribution >= 4 is 11.7 Å². The normalized spacial score (nSPS) is 15.7. The molecule has 0 atom stereocenters. The van der Waals surface area contributed by atoms with Crippen molar-refractivity contribution in [2.45, 2.75) is 45.1 Å². The predicted molar refractivity (Wildman–Crippen MR) is 83.7 cm³/mol. The molecule has 2 N–H and O–H groups in total. The fraction of sp³-hybridized carbons (Fsp3) is 0.625. The molecular formula is C16H25N3O2. The summed E-state index contributed by atoms with van der Waals surface area (Å²) in [7, 11) is 1.79. The summed E-state index contributed by atoms with van der Waals surface area (Å²) >= 11 is 0. The Bertz CT molecular complexity index is 471. The van der Waals surface area contributed by atoms with Crippen LogP contribution < -0.4 is 10.6 Å². The number of hydrogen-bond acceptors (Lipinski definition) is 4. The minimum Gasteiger partial charge on any atom is -0.376 e. The van der Waals surface area contributed by atoms with Crippen molar-refractivity contribution in [1.82, 2.24) is 10.3 Å². The standard InChI is InChI=1S/C16H25N3O2/c1-12-10-13(11-15(17-2)19-12)16(20)18-8-9-21-14-6-4-3-5-7-14/h10-11,14H,3-9H2,1-2H3,(H,17,19)(H,18,20). The molecule has 0 aromatic carbocycles. The SMILES string of the molecule is CNc1cc(C(=O)NCCOC2CCCCC2)cc(C)n1. The number of rotatable bonds is 6. The molecule has 2 rings (SSSR count). The maximum atomic E-state index is 12.1. The van der Waals surface area contributed by atoms with Crippen molar-refractivity contribution in [2.24, 2.45) is 0 Å². The van der Waals surface area contributed by atoms with E-state index in [0.717, 1.165) is 18.5 Å². The lowest BCUT2D eigenvalue weighted by atomic mass is 9.98. The molecule has 1 aliphatic rings. The Morgan fingerprint density at radius 1 is 1.33 bits per heavy atom. The third-order valence-corrected chi connectivity index (χ3v) is 3.77. The molecule has 1 fully saturated rings. The van der Waals surface area contributed by atoms with Crippen molar-refractivity contribution < 1.29 is 9.53 Å². The van der Waals surface area contributed by atoms with Crippen molar-refractivity contribution in [3.63, 3.8) is 0 Å². The van der Waals surface area contributed by atoms with Crippen LogP contribution in [0.25, 0.3) is 0 Å². The number of nitrogens with one attached hydrogen (secondary N) is 2. The van der Waals surface area contributed by atoms with Gasteiger partial charge in [0, 0.05) is 24.8 Å². The van der Waals surface area contributed by atoms with Crippen LogP contribution in [0.4, 0.5) is 5.82 Å². The van der Waals surface area contributed by atoms with Gasteiger partial charge in [-0.3, -0.25) is 4.79 Å². The fourth-order valence-electron chi connectivity index (χ4n) is 2.65. The Morgan fingerprint density at radius 3 is 2.81 bits per heavy atom. The predicted octanol–water partition coefficient (Wildman–Crippen LogP) is 2.51. The first kappa shape index (κ1) is 15.8. The monoisotopic (exact) mass is 291 g/mol. The zero-order valence-electron chi connectivity index (χ0n) is 12.9. The van der Waals surface area contributed by atoms with Crippen molar-refractivity contribution in [3.05, 3.63) is 23.4 Å². The molecule has 1 aromatic heterocycles. The summed E-state index contributed by atoms with van der Waals surface area (Å²) in [5.41, 5.74) is 1.45. The van der Waals surface area contributed by atoms with Crippen molar-refractivity contribution in [3.8, 4) is 0 Å². The highest BCUT2D eigenvalue weighted by Crippen LogP contribution is 2.19. The van der Waals surface area contributed by atoms with Crippen LogP contribution >= 0.6 is 0 Å². The molecule has 5 nitrogen and oxygen atoms in total. The minimum absolute atomic E-state index is 0.0794. The lowest BCUT2D eigenvalue weighted by molar-refractivity contribution is 0.0299. The highest BCUT2D eigenvalue weighted by molar-refractivity contribution is 5.94. The smallest absolute Gasteiger partial charge is 0.251 e. The van der Waals surface area contributed by atoms with Crippen LogP contribution in [0.1, 0.15) is 48.2 Å². The van der Waals surface area contributed by atoms with E-state index in [1.165, 1.54) is 19.3 Å². The van der Waals surface area contributed by atoms with Gasteiger partial charge in [-0.25, -0.2) is 4.98 Å². The number of ether oxygens (including phenoxy) is 1. The Kier molecular flexibility index (Phi) is 5.99. The van der Waals surface area contributed by atoms with E-state index >= 15 is 0 Å². The maximum absolute atomic E-state index is 12.1. The van der Waals surface area contributed by atoms with Crippen LogP contribution in [0, 0.1) is 6.92 Å². The van der Waals surface area contributed by atoms with E-state index in [-0.39, 0.29) is 5.91 Å². The van der Waals surface area contributed by atoms with Gasteiger partial charge in [-0.05, 0) is 31.9 Å². The highest BCUT2D eigenvalue weighted by Gasteiger charge is 2.13. The Hall–Kier alpha value is -1.62. The lowest BCUT2D eigenvalue weighted by Crippen LogP contribution is -2.29. The van der Waals surface area contributed by atoms with E-state index in [0.29, 0.717) is 30.6 Å². The molecule has 1 amide bonds. The van der Waals surface area contributed by atoms with Gasteiger partial charge >= 0.3 is 0 Å². The van der Waals surface area contributed by atoms with Gasteiger partial charge < -0.3 is 15.4 Å². The number of carbonyl (C=O) groups excluding carboxylic acids is 1. The number of anilines is 1. The summed E-state index contributed by atoms with van der Waals surface area (Å²) < 4.78 is 5.80. The second kappa shape index (κ2) is 7.98. The van der Waals surface area contributed by atoms with Crippen molar-refractivity contribution in [2.75, 3.05) is 25.5 Å². The number of aryl methyl sites for hydroxylation is 1. The quantitative estimate of drug-likeness (QED) is 0.791. The average Bonchev–Trinajstić information content (AvgIpc) is 2.51. The highest BCUT2D eigenvalue weighted by atomic mass is 16.5. The number of carbonyl (C=O) groups is 1. The molecule has 0 aliphatic heterocycles. The van der Waals surface area contributed by atoms with Crippen LogP contribution in [0.3, 0.4) is 0 Å². The summed E-state index contributed by atoms with van der Waals surface area (Å²) in [6.45, 7) is 3.01. The first-order chi connectivity index (χ1) is 10.2. The summed E-state index contributed by atoms with van der Waals surface area (Å²) in [4.78, 5) is 16.4. The second-order valence-corrected chi connectivity index (χ2v) is 5.52. The van der Waals surface area contributed by atoms with E-state index in [1.807, 2.05) is 6.92 Å². The van der Waals surface area contributed by atoms with Crippen molar-refractivity contribution in [1.29, 1.82) is 0 Å². The summed E-state index contributed by atoms with van der Waals surface area (Å²) in [5, 5.41) is 5.86. The number of hydrogen-bond donors (Lipinski definition) is 2. The van der Waals surface area contributed by atoms with Crippen LogP contribution in [-0.4, -0.2) is 37.2 Å². The van der Waals surface area contributed by atoms with Gasteiger partial charge in [-0.15, -0.1) is 0 Å². The molecule has 0 saturated heterocycles. The second-order valence-electron chi connectivity index (χ2n) is 5.52. The first-order valence-corrected chi connectivity index (χ1v) is 7.75. The van der Waals surface area contributed by atoms with Gasteiger partial charge in [-0.2, -0.15) is 0 Å². The lowest BCUT2D eigenvalue weighted by Gasteiger charge is -2.22. The zero-order valence-corrected chi connectivity index (χ0v) is 12.9. The minimum atomic E-state index is -0.0794. The van der Waals surface area contributed by atoms with Crippen LogP contribution in [-0.2, 0) is 4.74 Å². The van der Waals surface area contributed by atoms with E-state index in [1.54, 1.807) is 19.2 Å². The summed E-state index contributed by atoms with van der Waals surface area (Å²) in [6, 6.07) is 3.54. The molecule has 1 aromatic rings. The molecular weight excluding hydrogens is 266 g/mol. The topological polar surface area (TPSA) is 63.2 Å². The van der Waals surface area contributed by atoms with Gasteiger partial charge in [0.05, 0.1) is 12.7 Å². The molecule has 0 radical (unpaired) electrons. The fourth-order valence-corrected chi connectivity index (χ4v) is 2.65. The Balaban J connectivity index is 1.75. The van der Waals surface area contributed by atoms with Crippen LogP contribution in [0.2, 0.25) is 0 Å². The third kappa shape index (κ3) is 5.01. The van der Waals surface area contributed by atoms with Crippen LogP contribution in [0.15, 0.2) is 12.1 Å². The molecule has 5 heteroatoms. The molecule has 1 heterocycles.